The van der Waals surface area contributed by atoms with Gasteiger partial charge in [0, 0.05) is 11.8 Å². The summed E-state index contributed by atoms with van der Waals surface area (Å²) >= 11 is 0. The fourth-order valence-corrected chi connectivity index (χ4v) is 1.89. The van der Waals surface area contributed by atoms with Crippen LogP contribution in [0, 0.1) is 18.6 Å². The maximum atomic E-state index is 13.3. The van der Waals surface area contributed by atoms with Crippen molar-refractivity contribution in [2.24, 2.45) is 5.84 Å². The normalized spacial score (nSPS) is 12.4. The number of nitrogens with two attached hydrogens (primary N) is 2. The predicted molar refractivity (Wildman–Crippen MR) is 68.9 cm³/mol. The van der Waals surface area contributed by atoms with Crippen molar-refractivity contribution in [2.75, 3.05) is 5.73 Å². The molecule has 5 N–H and O–H groups in total. The van der Waals surface area contributed by atoms with Crippen LogP contribution in [0.5, 0.6) is 0 Å². The third kappa shape index (κ3) is 2.69. The molecule has 19 heavy (non-hydrogen) atoms. The maximum Gasteiger partial charge on any atom is 0.159 e. The Morgan fingerprint density at radius 1 is 1.21 bits per heavy atom. The van der Waals surface area contributed by atoms with Crippen LogP contribution in [0.15, 0.2) is 30.5 Å². The number of anilines is 1. The summed E-state index contributed by atoms with van der Waals surface area (Å²) in [6.07, 6.45) is 1.62. The molecule has 1 aromatic heterocycles. The molecule has 1 atom stereocenters. The van der Waals surface area contributed by atoms with Gasteiger partial charge in [-0.1, -0.05) is 6.07 Å². The molecule has 0 amide bonds. The van der Waals surface area contributed by atoms with Crippen LogP contribution in [-0.4, -0.2) is 4.98 Å². The van der Waals surface area contributed by atoms with Crippen LogP contribution < -0.4 is 17.0 Å². The van der Waals surface area contributed by atoms with Crippen LogP contribution in [0.4, 0.5) is 14.6 Å². The number of hydrogen-bond donors (Lipinski definition) is 3. The summed E-state index contributed by atoms with van der Waals surface area (Å²) < 4.78 is 26.2. The van der Waals surface area contributed by atoms with Crippen LogP contribution in [0.25, 0.3) is 0 Å². The van der Waals surface area contributed by atoms with Gasteiger partial charge < -0.3 is 5.73 Å². The van der Waals surface area contributed by atoms with Crippen LogP contribution in [0.2, 0.25) is 0 Å². The molecular weight excluding hydrogens is 250 g/mol. The van der Waals surface area contributed by atoms with Crippen LogP contribution in [0.1, 0.15) is 22.7 Å². The van der Waals surface area contributed by atoms with Gasteiger partial charge in [0.15, 0.2) is 11.6 Å². The van der Waals surface area contributed by atoms with Gasteiger partial charge in [-0.25, -0.2) is 19.2 Å². The monoisotopic (exact) mass is 264 g/mol. The van der Waals surface area contributed by atoms with Gasteiger partial charge >= 0.3 is 0 Å². The second kappa shape index (κ2) is 5.29. The standard InChI is InChI=1S/C13H14F2N4/c1-7-4-9(13(16)18-6-7)12(19-17)8-2-3-10(14)11(15)5-8/h2-6,12,19H,17H2,1H3,(H2,16,18). The molecule has 2 aromatic rings. The Kier molecular flexibility index (Phi) is 3.73. The number of nitrogens with one attached hydrogen (secondary N) is 1. The number of halogens is 2. The number of nitrogen functional groups attached to an aromatic ring is 1. The van der Waals surface area contributed by atoms with Crippen molar-refractivity contribution < 1.29 is 8.78 Å². The van der Waals surface area contributed by atoms with E-state index in [1.807, 2.05) is 6.92 Å². The Bertz CT molecular complexity index is 601. The van der Waals surface area contributed by atoms with Crippen molar-refractivity contribution in [3.8, 4) is 0 Å². The first-order chi connectivity index (χ1) is 9.02. The van der Waals surface area contributed by atoms with Gasteiger partial charge in [-0.3, -0.25) is 5.84 Å². The fraction of sp³-hybridized carbons (Fsp3) is 0.154. The highest BCUT2D eigenvalue weighted by molar-refractivity contribution is 5.47. The lowest BCUT2D eigenvalue weighted by Gasteiger charge is -2.18. The van der Waals surface area contributed by atoms with Gasteiger partial charge in [-0.15, -0.1) is 0 Å². The molecule has 0 saturated carbocycles. The van der Waals surface area contributed by atoms with E-state index >= 15 is 0 Å². The van der Waals surface area contributed by atoms with Gasteiger partial charge in [-0.05, 0) is 36.2 Å². The number of aromatic nitrogens is 1. The maximum absolute atomic E-state index is 13.3. The van der Waals surface area contributed by atoms with E-state index in [9.17, 15) is 8.78 Å². The Morgan fingerprint density at radius 2 is 1.95 bits per heavy atom. The molecule has 1 unspecified atom stereocenters. The minimum Gasteiger partial charge on any atom is -0.383 e. The molecule has 100 valence electrons. The van der Waals surface area contributed by atoms with Gasteiger partial charge in [0.05, 0.1) is 6.04 Å². The smallest absolute Gasteiger partial charge is 0.159 e. The third-order valence-electron chi connectivity index (χ3n) is 2.84. The predicted octanol–water partition coefficient (Wildman–Crippen LogP) is 1.80. The summed E-state index contributed by atoms with van der Waals surface area (Å²) in [5.41, 5.74) is 10.3. The zero-order valence-electron chi connectivity index (χ0n) is 10.3. The topological polar surface area (TPSA) is 77.0 Å². The first kappa shape index (κ1) is 13.4. The van der Waals surface area contributed by atoms with E-state index in [4.69, 9.17) is 11.6 Å². The molecule has 4 nitrogen and oxygen atoms in total. The highest BCUT2D eigenvalue weighted by Crippen LogP contribution is 2.26. The van der Waals surface area contributed by atoms with E-state index in [1.165, 1.54) is 6.07 Å². The molecule has 0 spiro atoms. The summed E-state index contributed by atoms with van der Waals surface area (Å²) in [5, 5.41) is 0. The van der Waals surface area contributed by atoms with Crippen molar-refractivity contribution >= 4 is 5.82 Å². The first-order valence-corrected chi connectivity index (χ1v) is 5.66. The van der Waals surface area contributed by atoms with E-state index in [0.717, 1.165) is 17.7 Å². The SMILES string of the molecule is Cc1cnc(N)c(C(NN)c2ccc(F)c(F)c2)c1. The van der Waals surface area contributed by atoms with E-state index in [-0.39, 0.29) is 0 Å². The van der Waals surface area contributed by atoms with Crippen molar-refractivity contribution in [2.45, 2.75) is 13.0 Å². The lowest BCUT2D eigenvalue weighted by Crippen LogP contribution is -2.30. The average Bonchev–Trinajstić information content (AvgIpc) is 2.38. The number of pyridine rings is 1. The molecule has 1 heterocycles. The fourth-order valence-electron chi connectivity index (χ4n) is 1.89. The zero-order valence-corrected chi connectivity index (χ0v) is 10.3. The number of hydrazine groups is 1. The van der Waals surface area contributed by atoms with E-state index < -0.39 is 17.7 Å². The molecule has 1 aromatic carbocycles. The number of aryl methyl sites for hydroxylation is 1. The highest BCUT2D eigenvalue weighted by Gasteiger charge is 2.17. The van der Waals surface area contributed by atoms with Crippen molar-refractivity contribution in [3.05, 3.63) is 58.8 Å². The summed E-state index contributed by atoms with van der Waals surface area (Å²) in [6.45, 7) is 1.86. The largest absolute Gasteiger partial charge is 0.383 e. The molecule has 0 radical (unpaired) electrons. The number of hydrogen-bond acceptors (Lipinski definition) is 4. The van der Waals surface area contributed by atoms with E-state index in [0.29, 0.717) is 16.9 Å². The molecule has 0 bridgehead atoms. The zero-order chi connectivity index (χ0) is 14.0. The summed E-state index contributed by atoms with van der Waals surface area (Å²) in [7, 11) is 0. The van der Waals surface area contributed by atoms with Crippen LogP contribution in [0.3, 0.4) is 0 Å². The molecular formula is C13H14F2N4. The molecule has 2 rings (SSSR count). The number of nitrogens with zero attached hydrogens (tertiary/aromatic N) is 1. The van der Waals surface area contributed by atoms with Crippen LogP contribution >= 0.6 is 0 Å². The lowest BCUT2D eigenvalue weighted by atomic mass is 9.98. The van der Waals surface area contributed by atoms with E-state index in [1.54, 1.807) is 12.3 Å². The van der Waals surface area contributed by atoms with Gasteiger partial charge in [0.2, 0.25) is 0 Å². The number of benzene rings is 1. The summed E-state index contributed by atoms with van der Waals surface area (Å²) in [4.78, 5) is 4.03. The Balaban J connectivity index is 2.49. The summed E-state index contributed by atoms with van der Waals surface area (Å²) in [5.74, 6) is 3.94. The molecule has 0 saturated heterocycles. The van der Waals surface area contributed by atoms with Gasteiger partial charge in [-0.2, -0.15) is 0 Å². The molecule has 0 fully saturated rings. The average molecular weight is 264 g/mol. The number of rotatable bonds is 3. The minimum absolute atomic E-state index is 0.290. The second-order valence-electron chi connectivity index (χ2n) is 4.26. The summed E-state index contributed by atoms with van der Waals surface area (Å²) in [6, 6.07) is 4.83. The van der Waals surface area contributed by atoms with Crippen molar-refractivity contribution in [1.29, 1.82) is 0 Å². The van der Waals surface area contributed by atoms with Gasteiger partial charge in [0.1, 0.15) is 5.82 Å². The highest BCUT2D eigenvalue weighted by atomic mass is 19.2. The molecule has 6 heteroatoms. The lowest BCUT2D eigenvalue weighted by molar-refractivity contribution is 0.504. The van der Waals surface area contributed by atoms with Crippen molar-refractivity contribution in [1.82, 2.24) is 10.4 Å². The van der Waals surface area contributed by atoms with E-state index in [2.05, 4.69) is 10.4 Å². The minimum atomic E-state index is -0.933. The molecule has 0 aliphatic heterocycles. The Labute approximate surface area is 109 Å². The van der Waals surface area contributed by atoms with Crippen molar-refractivity contribution in [3.63, 3.8) is 0 Å². The first-order valence-electron chi connectivity index (χ1n) is 5.66. The molecule has 0 aliphatic carbocycles. The van der Waals surface area contributed by atoms with Crippen LogP contribution in [-0.2, 0) is 0 Å². The quantitative estimate of drug-likeness (QED) is 0.583. The van der Waals surface area contributed by atoms with Gasteiger partial charge in [0.25, 0.3) is 0 Å². The Hall–Kier alpha value is -2.05. The molecule has 0 aliphatic rings. The third-order valence-corrected chi connectivity index (χ3v) is 2.84. The second-order valence-corrected chi connectivity index (χ2v) is 4.26. The Morgan fingerprint density at radius 3 is 2.58 bits per heavy atom.